The van der Waals surface area contributed by atoms with Gasteiger partial charge in [-0.05, 0) is 48.8 Å². The number of carbonyl (C=O) groups is 4. The molecule has 1 saturated carbocycles. The van der Waals surface area contributed by atoms with E-state index in [1.54, 1.807) is 32.9 Å². The number of phenolic OH excluding ortho intramolecular Hbond substituents is 2. The highest BCUT2D eigenvalue weighted by molar-refractivity contribution is 6.33. The van der Waals surface area contributed by atoms with Crippen LogP contribution in [0.1, 0.15) is 49.2 Å². The van der Waals surface area contributed by atoms with Gasteiger partial charge in [-0.15, -0.1) is 0 Å². The zero-order valence-corrected chi connectivity index (χ0v) is 18.6. The highest BCUT2D eigenvalue weighted by Crippen LogP contribution is 2.58. The predicted octanol–water partition coefficient (Wildman–Crippen LogP) is 2.66. The molecule has 3 N–H and O–H groups in total. The SMILES string of the molecule is CC(=O)C1C(=O)C(C(C)C)[C@@]2(C)Cc3c(c(O)c4c(O)cccc4c3C)C(=O)[C@@]2(O)C1=O. The predicted molar refractivity (Wildman–Crippen MR) is 116 cm³/mol. The Morgan fingerprint density at radius 3 is 2.34 bits per heavy atom. The van der Waals surface area contributed by atoms with Gasteiger partial charge < -0.3 is 15.3 Å². The van der Waals surface area contributed by atoms with Crippen LogP contribution in [0.4, 0.5) is 0 Å². The molecule has 0 aliphatic heterocycles. The van der Waals surface area contributed by atoms with Crippen LogP contribution >= 0.6 is 0 Å². The molecule has 2 aliphatic carbocycles. The molecule has 0 aromatic heterocycles. The molecular weight excluding hydrogens is 412 g/mol. The molecule has 2 unspecified atom stereocenters. The summed E-state index contributed by atoms with van der Waals surface area (Å²) in [6.07, 6.45) is -0.0273. The Hall–Kier alpha value is -3.06. The van der Waals surface area contributed by atoms with Gasteiger partial charge in [0.05, 0.1) is 10.9 Å². The number of benzene rings is 2. The first kappa shape index (κ1) is 22.1. The van der Waals surface area contributed by atoms with E-state index in [2.05, 4.69) is 0 Å². The fraction of sp³-hybridized carbons (Fsp3) is 0.440. The van der Waals surface area contributed by atoms with Crippen LogP contribution in [0.5, 0.6) is 11.5 Å². The highest BCUT2D eigenvalue weighted by atomic mass is 16.3. The van der Waals surface area contributed by atoms with Gasteiger partial charge in [0.1, 0.15) is 23.2 Å². The van der Waals surface area contributed by atoms with Crippen molar-refractivity contribution in [2.24, 2.45) is 23.2 Å². The summed E-state index contributed by atoms with van der Waals surface area (Å²) in [5.74, 6) is -7.28. The molecule has 7 nitrogen and oxygen atoms in total. The molecule has 1 fully saturated rings. The second-order valence-corrected chi connectivity index (χ2v) is 9.69. The van der Waals surface area contributed by atoms with Gasteiger partial charge in [-0.2, -0.15) is 0 Å². The van der Waals surface area contributed by atoms with E-state index in [-0.39, 0.29) is 29.0 Å². The Kier molecular flexibility index (Phi) is 4.65. The fourth-order valence-corrected chi connectivity index (χ4v) is 6.13. The number of phenols is 2. The number of Topliss-reactive ketones (excluding diaryl/α,β-unsaturated/α-hetero) is 4. The Morgan fingerprint density at radius 2 is 1.78 bits per heavy atom. The molecule has 0 bridgehead atoms. The number of rotatable bonds is 2. The quantitative estimate of drug-likeness (QED) is 0.615. The van der Waals surface area contributed by atoms with E-state index in [0.717, 1.165) is 6.92 Å². The Labute approximate surface area is 185 Å². The van der Waals surface area contributed by atoms with E-state index in [1.807, 2.05) is 0 Å². The molecule has 0 radical (unpaired) electrons. The van der Waals surface area contributed by atoms with Crippen LogP contribution in [-0.2, 0) is 20.8 Å². The van der Waals surface area contributed by atoms with E-state index >= 15 is 0 Å². The first-order valence-corrected chi connectivity index (χ1v) is 10.6. The van der Waals surface area contributed by atoms with Crippen molar-refractivity contribution in [3.8, 4) is 11.5 Å². The van der Waals surface area contributed by atoms with Gasteiger partial charge in [-0.3, -0.25) is 19.2 Å². The molecule has 168 valence electrons. The second-order valence-electron chi connectivity index (χ2n) is 9.69. The number of aliphatic hydroxyl groups is 1. The maximum Gasteiger partial charge on any atom is 0.206 e. The maximum atomic E-state index is 13.8. The van der Waals surface area contributed by atoms with Crippen molar-refractivity contribution in [2.75, 3.05) is 0 Å². The minimum absolute atomic E-state index is 0.0273. The number of hydrogen-bond donors (Lipinski definition) is 3. The molecule has 0 spiro atoms. The standard InChI is InChI=1S/C25H26O7/c1-10(2)19-21(29)16(12(4)26)22(30)25(32)23(31)18-14(9-24(19,25)5)11(3)13-7-6-8-15(27)17(13)20(18)28/h6-8,10,16,19,27-28,32H,9H2,1-5H3/t16?,19?,24-,25+/m1/s1. The molecule has 2 aromatic carbocycles. The lowest BCUT2D eigenvalue weighted by molar-refractivity contribution is -0.176. The molecule has 4 atom stereocenters. The summed E-state index contributed by atoms with van der Waals surface area (Å²) in [5, 5.41) is 33.7. The molecule has 32 heavy (non-hydrogen) atoms. The zero-order valence-electron chi connectivity index (χ0n) is 18.6. The number of fused-ring (bicyclic) bond motifs is 3. The molecular formula is C25H26O7. The van der Waals surface area contributed by atoms with Crippen molar-refractivity contribution in [2.45, 2.75) is 46.6 Å². The minimum atomic E-state index is -2.67. The first-order chi connectivity index (χ1) is 14.8. The first-order valence-electron chi connectivity index (χ1n) is 10.6. The summed E-state index contributed by atoms with van der Waals surface area (Å²) in [6.45, 7) is 7.87. The largest absolute Gasteiger partial charge is 0.507 e. The van der Waals surface area contributed by atoms with Gasteiger partial charge in [0.15, 0.2) is 17.2 Å². The Balaban J connectivity index is 2.12. The van der Waals surface area contributed by atoms with E-state index in [1.165, 1.54) is 13.0 Å². The van der Waals surface area contributed by atoms with E-state index in [4.69, 9.17) is 0 Å². The van der Waals surface area contributed by atoms with Gasteiger partial charge in [-0.1, -0.05) is 32.9 Å². The minimum Gasteiger partial charge on any atom is -0.507 e. The maximum absolute atomic E-state index is 13.8. The number of hydrogen-bond acceptors (Lipinski definition) is 7. The van der Waals surface area contributed by atoms with Crippen molar-refractivity contribution in [1.82, 2.24) is 0 Å². The molecule has 0 heterocycles. The Morgan fingerprint density at radius 1 is 1.16 bits per heavy atom. The lowest BCUT2D eigenvalue weighted by Gasteiger charge is -2.55. The van der Waals surface area contributed by atoms with Crippen LogP contribution < -0.4 is 0 Å². The third-order valence-electron chi connectivity index (χ3n) is 7.57. The normalized spacial score (nSPS) is 29.9. The summed E-state index contributed by atoms with van der Waals surface area (Å²) in [6, 6.07) is 4.67. The fourth-order valence-electron chi connectivity index (χ4n) is 6.13. The van der Waals surface area contributed by atoms with Gasteiger partial charge in [0.25, 0.3) is 0 Å². The zero-order chi connectivity index (χ0) is 23.9. The molecule has 2 aliphatic rings. The smallest absolute Gasteiger partial charge is 0.206 e. The van der Waals surface area contributed by atoms with Crippen molar-refractivity contribution < 1.29 is 34.5 Å². The van der Waals surface area contributed by atoms with E-state index in [0.29, 0.717) is 16.5 Å². The topological polar surface area (TPSA) is 129 Å². The van der Waals surface area contributed by atoms with Crippen LogP contribution in [0.2, 0.25) is 0 Å². The lowest BCUT2D eigenvalue weighted by Crippen LogP contribution is -2.72. The summed E-state index contributed by atoms with van der Waals surface area (Å²) >= 11 is 0. The third kappa shape index (κ3) is 2.40. The summed E-state index contributed by atoms with van der Waals surface area (Å²) < 4.78 is 0. The van der Waals surface area contributed by atoms with E-state index < -0.39 is 51.7 Å². The summed E-state index contributed by atoms with van der Waals surface area (Å²) in [7, 11) is 0. The molecule has 0 amide bonds. The van der Waals surface area contributed by atoms with Crippen molar-refractivity contribution in [3.05, 3.63) is 34.9 Å². The Bertz CT molecular complexity index is 1240. The lowest BCUT2D eigenvalue weighted by atomic mass is 9.46. The van der Waals surface area contributed by atoms with Crippen molar-refractivity contribution >= 4 is 33.9 Å². The molecule has 0 saturated heterocycles. The third-order valence-corrected chi connectivity index (χ3v) is 7.57. The highest BCUT2D eigenvalue weighted by Gasteiger charge is 2.71. The number of aromatic hydroxyl groups is 2. The number of aryl methyl sites for hydroxylation is 1. The van der Waals surface area contributed by atoms with Crippen LogP contribution in [0.3, 0.4) is 0 Å². The monoisotopic (exact) mass is 438 g/mol. The van der Waals surface area contributed by atoms with Crippen molar-refractivity contribution in [3.63, 3.8) is 0 Å². The molecule has 7 heteroatoms. The average molecular weight is 438 g/mol. The number of carbonyl (C=O) groups excluding carboxylic acids is 4. The summed E-state index contributed by atoms with van der Waals surface area (Å²) in [4.78, 5) is 52.8. The van der Waals surface area contributed by atoms with Crippen molar-refractivity contribution in [1.29, 1.82) is 0 Å². The van der Waals surface area contributed by atoms with Crippen LogP contribution in [0.25, 0.3) is 10.8 Å². The summed E-state index contributed by atoms with van der Waals surface area (Å²) in [5.41, 5.74) is -3.39. The number of ketones is 4. The van der Waals surface area contributed by atoms with Crippen LogP contribution in [0.15, 0.2) is 18.2 Å². The molecule has 4 rings (SSSR count). The van der Waals surface area contributed by atoms with E-state index in [9.17, 15) is 34.5 Å². The second kappa shape index (κ2) is 6.72. The van der Waals surface area contributed by atoms with Gasteiger partial charge in [0.2, 0.25) is 5.78 Å². The van der Waals surface area contributed by atoms with Gasteiger partial charge in [0, 0.05) is 11.3 Å². The molecule has 2 aromatic rings. The van der Waals surface area contributed by atoms with Gasteiger partial charge >= 0.3 is 0 Å². The van der Waals surface area contributed by atoms with Crippen LogP contribution in [-0.4, -0.2) is 44.1 Å². The average Bonchev–Trinajstić information content (AvgIpc) is 2.68. The van der Waals surface area contributed by atoms with Gasteiger partial charge in [-0.25, -0.2) is 0 Å². The van der Waals surface area contributed by atoms with Crippen LogP contribution in [0, 0.1) is 30.1 Å².